The normalized spacial score (nSPS) is 14.1. The van der Waals surface area contributed by atoms with Gasteiger partial charge in [-0.3, -0.25) is 9.59 Å². The predicted molar refractivity (Wildman–Crippen MR) is 101 cm³/mol. The second-order valence-electron chi connectivity index (χ2n) is 6.38. The van der Waals surface area contributed by atoms with Crippen molar-refractivity contribution in [3.63, 3.8) is 0 Å². The van der Waals surface area contributed by atoms with Crippen molar-refractivity contribution in [2.45, 2.75) is 19.4 Å². The average molecular weight is 387 g/mol. The Balaban J connectivity index is 1.61. The molecule has 140 valence electrons. The fraction of sp³-hybridized carbons (Fsp3) is 0.250. The fourth-order valence-corrected chi connectivity index (χ4v) is 2.93. The molecule has 0 saturated heterocycles. The van der Waals surface area contributed by atoms with Gasteiger partial charge in [-0.25, -0.2) is 4.79 Å². The van der Waals surface area contributed by atoms with Gasteiger partial charge in [0.05, 0.1) is 12.7 Å². The lowest BCUT2D eigenvalue weighted by Gasteiger charge is -2.16. The summed E-state index contributed by atoms with van der Waals surface area (Å²) < 4.78 is 4.64. The highest BCUT2D eigenvalue weighted by Gasteiger charge is 2.56. The summed E-state index contributed by atoms with van der Waals surface area (Å²) in [5.74, 6) is -1.12. The third-order valence-electron chi connectivity index (χ3n) is 4.58. The van der Waals surface area contributed by atoms with E-state index in [2.05, 4.69) is 15.4 Å². The first kappa shape index (κ1) is 18.9. The first-order valence-electron chi connectivity index (χ1n) is 8.48. The molecule has 1 aliphatic carbocycles. The Bertz CT molecular complexity index is 876. The summed E-state index contributed by atoms with van der Waals surface area (Å²) >= 11 is 6.09. The molecule has 1 fully saturated rings. The number of halogens is 1. The second kappa shape index (κ2) is 7.80. The number of carbonyl (C=O) groups is 3. The number of carbonyl (C=O) groups excluding carboxylic acids is 3. The molecule has 2 N–H and O–H groups in total. The summed E-state index contributed by atoms with van der Waals surface area (Å²) in [6.45, 7) is 0.265. The Morgan fingerprint density at radius 3 is 2.30 bits per heavy atom. The number of anilines is 1. The Kier molecular flexibility index (Phi) is 5.46. The van der Waals surface area contributed by atoms with Gasteiger partial charge in [0.25, 0.3) is 0 Å². The lowest BCUT2D eigenvalue weighted by Crippen LogP contribution is -2.39. The summed E-state index contributed by atoms with van der Waals surface area (Å²) in [5, 5.41) is 6.10. The molecule has 0 radical (unpaired) electrons. The van der Waals surface area contributed by atoms with E-state index in [0.717, 1.165) is 5.56 Å². The molecule has 0 atom stereocenters. The van der Waals surface area contributed by atoms with E-state index < -0.39 is 11.4 Å². The number of rotatable bonds is 6. The highest BCUT2D eigenvalue weighted by Crippen LogP contribution is 2.47. The van der Waals surface area contributed by atoms with Crippen LogP contribution in [0.3, 0.4) is 0 Å². The standard InChI is InChI=1S/C20H19ClN2O4/c1-27-17(24)13-6-8-15(9-7-13)23-19(26)20(10-11-20)18(25)22-12-14-4-2-3-5-16(14)21/h2-9H,10-12H2,1H3,(H,22,25)(H,23,26). The Morgan fingerprint density at radius 1 is 1.04 bits per heavy atom. The first-order chi connectivity index (χ1) is 13.0. The summed E-state index contributed by atoms with van der Waals surface area (Å²) in [7, 11) is 1.30. The van der Waals surface area contributed by atoms with Crippen LogP contribution < -0.4 is 10.6 Å². The molecule has 6 nitrogen and oxygen atoms in total. The van der Waals surface area contributed by atoms with Crippen LogP contribution in [0.1, 0.15) is 28.8 Å². The smallest absolute Gasteiger partial charge is 0.337 e. The fourth-order valence-electron chi connectivity index (χ4n) is 2.73. The topological polar surface area (TPSA) is 84.5 Å². The SMILES string of the molecule is COC(=O)c1ccc(NC(=O)C2(C(=O)NCc3ccccc3Cl)CC2)cc1. The van der Waals surface area contributed by atoms with Gasteiger partial charge in [0.2, 0.25) is 11.8 Å². The number of hydrogen-bond acceptors (Lipinski definition) is 4. The largest absolute Gasteiger partial charge is 0.465 e. The number of methoxy groups -OCH3 is 1. The van der Waals surface area contributed by atoms with Crippen LogP contribution in [0, 0.1) is 5.41 Å². The van der Waals surface area contributed by atoms with E-state index in [9.17, 15) is 14.4 Å². The first-order valence-corrected chi connectivity index (χ1v) is 8.85. The van der Waals surface area contributed by atoms with Crippen molar-refractivity contribution in [2.75, 3.05) is 12.4 Å². The summed E-state index contributed by atoms with van der Waals surface area (Å²) in [6.07, 6.45) is 0.987. The molecule has 0 aromatic heterocycles. The number of ether oxygens (including phenoxy) is 1. The molecular weight excluding hydrogens is 368 g/mol. The van der Waals surface area contributed by atoms with E-state index in [1.807, 2.05) is 18.2 Å². The summed E-state index contributed by atoms with van der Waals surface area (Å²) in [5.41, 5.74) is 0.636. The van der Waals surface area contributed by atoms with Gasteiger partial charge in [-0.1, -0.05) is 29.8 Å². The number of amides is 2. The molecule has 2 amide bonds. The Morgan fingerprint density at radius 2 is 1.70 bits per heavy atom. The van der Waals surface area contributed by atoms with Gasteiger partial charge < -0.3 is 15.4 Å². The van der Waals surface area contributed by atoms with E-state index in [-0.39, 0.29) is 18.4 Å². The highest BCUT2D eigenvalue weighted by molar-refractivity contribution is 6.31. The molecular formula is C20H19ClN2O4. The van der Waals surface area contributed by atoms with E-state index >= 15 is 0 Å². The zero-order valence-electron chi connectivity index (χ0n) is 14.8. The maximum atomic E-state index is 12.6. The zero-order valence-corrected chi connectivity index (χ0v) is 15.5. The second-order valence-corrected chi connectivity index (χ2v) is 6.79. The average Bonchev–Trinajstić information content (AvgIpc) is 3.49. The van der Waals surface area contributed by atoms with Crippen LogP contribution >= 0.6 is 11.6 Å². The maximum absolute atomic E-state index is 12.6. The third kappa shape index (κ3) is 4.11. The van der Waals surface area contributed by atoms with Crippen molar-refractivity contribution in [2.24, 2.45) is 5.41 Å². The van der Waals surface area contributed by atoms with Crippen LogP contribution in [0.4, 0.5) is 5.69 Å². The molecule has 0 unspecified atom stereocenters. The quantitative estimate of drug-likeness (QED) is 0.590. The van der Waals surface area contributed by atoms with Gasteiger partial charge in [-0.2, -0.15) is 0 Å². The van der Waals surface area contributed by atoms with Gasteiger partial charge >= 0.3 is 5.97 Å². The van der Waals surface area contributed by atoms with Gasteiger partial charge in [0.15, 0.2) is 0 Å². The maximum Gasteiger partial charge on any atom is 0.337 e. The molecule has 2 aromatic carbocycles. The summed E-state index contributed by atoms with van der Waals surface area (Å²) in [4.78, 5) is 36.6. The Hall–Kier alpha value is -2.86. The van der Waals surface area contributed by atoms with Gasteiger partial charge in [0, 0.05) is 17.3 Å². The molecule has 27 heavy (non-hydrogen) atoms. The number of benzene rings is 2. The van der Waals surface area contributed by atoms with Crippen molar-refractivity contribution in [1.82, 2.24) is 5.32 Å². The van der Waals surface area contributed by atoms with Gasteiger partial charge in [-0.05, 0) is 48.7 Å². The van der Waals surface area contributed by atoms with E-state index in [1.54, 1.807) is 30.3 Å². The van der Waals surface area contributed by atoms with E-state index in [0.29, 0.717) is 29.1 Å². The summed E-state index contributed by atoms with van der Waals surface area (Å²) in [6, 6.07) is 13.5. The molecule has 2 aromatic rings. The minimum atomic E-state index is -1.05. The van der Waals surface area contributed by atoms with Crippen LogP contribution in [-0.4, -0.2) is 24.9 Å². The monoisotopic (exact) mass is 386 g/mol. The van der Waals surface area contributed by atoms with Crippen molar-refractivity contribution >= 4 is 35.1 Å². The van der Waals surface area contributed by atoms with Gasteiger partial charge in [-0.15, -0.1) is 0 Å². The lowest BCUT2D eigenvalue weighted by atomic mass is 10.0. The van der Waals surface area contributed by atoms with Crippen LogP contribution in [-0.2, 0) is 20.9 Å². The third-order valence-corrected chi connectivity index (χ3v) is 4.95. The lowest BCUT2D eigenvalue weighted by molar-refractivity contribution is -0.134. The molecule has 1 aliphatic rings. The number of hydrogen-bond donors (Lipinski definition) is 2. The van der Waals surface area contributed by atoms with E-state index in [4.69, 9.17) is 11.6 Å². The molecule has 0 aliphatic heterocycles. The minimum Gasteiger partial charge on any atom is -0.465 e. The van der Waals surface area contributed by atoms with Crippen molar-refractivity contribution in [1.29, 1.82) is 0 Å². The van der Waals surface area contributed by atoms with Crippen LogP contribution in [0.5, 0.6) is 0 Å². The minimum absolute atomic E-state index is 0.265. The van der Waals surface area contributed by atoms with Crippen molar-refractivity contribution in [3.05, 3.63) is 64.7 Å². The number of esters is 1. The predicted octanol–water partition coefficient (Wildman–Crippen LogP) is 3.16. The zero-order chi connectivity index (χ0) is 19.4. The Labute approximate surface area is 161 Å². The van der Waals surface area contributed by atoms with Crippen LogP contribution in [0.2, 0.25) is 5.02 Å². The van der Waals surface area contributed by atoms with Crippen molar-refractivity contribution < 1.29 is 19.1 Å². The molecule has 0 bridgehead atoms. The van der Waals surface area contributed by atoms with Crippen LogP contribution in [0.25, 0.3) is 0 Å². The van der Waals surface area contributed by atoms with Crippen LogP contribution in [0.15, 0.2) is 48.5 Å². The molecule has 7 heteroatoms. The molecule has 0 spiro atoms. The van der Waals surface area contributed by atoms with Gasteiger partial charge in [0.1, 0.15) is 5.41 Å². The molecule has 1 saturated carbocycles. The van der Waals surface area contributed by atoms with Crippen molar-refractivity contribution in [3.8, 4) is 0 Å². The number of nitrogens with one attached hydrogen (secondary N) is 2. The molecule has 3 rings (SSSR count). The van der Waals surface area contributed by atoms with E-state index in [1.165, 1.54) is 7.11 Å². The molecule has 0 heterocycles. The highest BCUT2D eigenvalue weighted by atomic mass is 35.5.